The molecule has 1 aromatic carbocycles. The Morgan fingerprint density at radius 2 is 1.80 bits per heavy atom. The molecule has 0 radical (unpaired) electrons. The summed E-state index contributed by atoms with van der Waals surface area (Å²) < 4.78 is 15.2. The quantitative estimate of drug-likeness (QED) is 0.548. The lowest BCUT2D eigenvalue weighted by atomic mass is 9.96. The van der Waals surface area contributed by atoms with Gasteiger partial charge in [0.05, 0.1) is 39.4 Å². The molecule has 0 heterocycles. The number of carbonyl (C=O) groups excluding carboxylic acids is 2. The highest BCUT2D eigenvalue weighted by Gasteiger charge is 2.25. The van der Waals surface area contributed by atoms with E-state index in [1.54, 1.807) is 6.08 Å². The van der Waals surface area contributed by atoms with Crippen molar-refractivity contribution in [3.63, 3.8) is 0 Å². The Bertz CT molecular complexity index is 558. The lowest BCUT2D eigenvalue weighted by molar-refractivity contribution is -0.139. The van der Waals surface area contributed by atoms with E-state index in [0.717, 1.165) is 5.56 Å². The van der Waals surface area contributed by atoms with Crippen LogP contribution in [0.2, 0.25) is 0 Å². The van der Waals surface area contributed by atoms with Crippen LogP contribution in [0.15, 0.2) is 42.5 Å². The fourth-order valence-electron chi connectivity index (χ4n) is 2.36. The number of nitrogens with one attached hydrogen (secondary N) is 1. The summed E-state index contributed by atoms with van der Waals surface area (Å²) in [6, 6.07) is 9.51. The number of rotatable bonds is 9. The van der Waals surface area contributed by atoms with Crippen molar-refractivity contribution in [3.8, 4) is 0 Å². The predicted octanol–water partition coefficient (Wildman–Crippen LogP) is 3.07. The van der Waals surface area contributed by atoms with E-state index in [0.29, 0.717) is 6.61 Å². The van der Waals surface area contributed by atoms with Crippen LogP contribution in [0.1, 0.15) is 25.8 Å². The summed E-state index contributed by atoms with van der Waals surface area (Å²) in [6.45, 7) is 4.28. The molecule has 0 saturated carbocycles. The van der Waals surface area contributed by atoms with Crippen molar-refractivity contribution >= 4 is 12.1 Å². The summed E-state index contributed by atoms with van der Waals surface area (Å²) in [5, 5.41) is 2.80. The fourth-order valence-corrected chi connectivity index (χ4v) is 2.36. The first-order valence-corrected chi connectivity index (χ1v) is 8.21. The lowest BCUT2D eigenvalue weighted by Crippen LogP contribution is -2.46. The molecule has 0 fully saturated rings. The number of ether oxygens (including phenoxy) is 3. The molecule has 1 N–H and O–H groups in total. The summed E-state index contributed by atoms with van der Waals surface area (Å²) in [6.07, 6.45) is 3.00. The topological polar surface area (TPSA) is 73.9 Å². The minimum atomic E-state index is -0.520. The van der Waals surface area contributed by atoms with Crippen LogP contribution in [-0.4, -0.2) is 38.4 Å². The van der Waals surface area contributed by atoms with Crippen LogP contribution in [0.5, 0.6) is 0 Å². The third-order valence-corrected chi connectivity index (χ3v) is 3.85. The Kier molecular flexibility index (Phi) is 9.32. The molecule has 138 valence electrons. The maximum atomic E-state index is 11.6. The van der Waals surface area contributed by atoms with E-state index in [2.05, 4.69) is 10.1 Å². The molecule has 3 atom stereocenters. The smallest absolute Gasteiger partial charge is 0.407 e. The molecule has 0 aliphatic heterocycles. The summed E-state index contributed by atoms with van der Waals surface area (Å²) in [7, 11) is 2.67. The first-order chi connectivity index (χ1) is 12.0. The monoisotopic (exact) mass is 349 g/mol. The number of amides is 1. The third kappa shape index (κ3) is 7.85. The molecule has 0 bridgehead atoms. The van der Waals surface area contributed by atoms with Crippen LogP contribution in [0.25, 0.3) is 0 Å². The van der Waals surface area contributed by atoms with Crippen molar-refractivity contribution in [3.05, 3.63) is 48.0 Å². The van der Waals surface area contributed by atoms with Gasteiger partial charge in [-0.25, -0.2) is 4.79 Å². The average molecular weight is 349 g/mol. The van der Waals surface area contributed by atoms with Crippen LogP contribution in [0.4, 0.5) is 4.79 Å². The SMILES string of the molecule is COC(=O)C/C=C/[C@H](C)[C@@H](NC(=O)OC)[C@H](C)OCc1ccccc1. The fraction of sp³-hybridized carbons (Fsp3) is 0.474. The van der Waals surface area contributed by atoms with Crippen molar-refractivity contribution in [2.24, 2.45) is 5.92 Å². The normalized spacial score (nSPS) is 14.6. The Morgan fingerprint density at radius 3 is 2.40 bits per heavy atom. The molecule has 1 rings (SSSR count). The maximum absolute atomic E-state index is 11.6. The number of carbonyl (C=O) groups is 2. The summed E-state index contributed by atoms with van der Waals surface area (Å²) >= 11 is 0. The Balaban J connectivity index is 2.69. The second kappa shape index (κ2) is 11.3. The second-order valence-electron chi connectivity index (χ2n) is 5.73. The summed E-state index contributed by atoms with van der Waals surface area (Å²) in [5.74, 6) is -0.371. The highest BCUT2D eigenvalue weighted by Crippen LogP contribution is 2.15. The average Bonchev–Trinajstić information content (AvgIpc) is 2.64. The van der Waals surface area contributed by atoms with E-state index in [1.165, 1.54) is 14.2 Å². The van der Waals surface area contributed by atoms with E-state index in [4.69, 9.17) is 9.47 Å². The van der Waals surface area contributed by atoms with Crippen molar-refractivity contribution in [2.75, 3.05) is 14.2 Å². The van der Waals surface area contributed by atoms with Crippen molar-refractivity contribution in [1.82, 2.24) is 5.32 Å². The van der Waals surface area contributed by atoms with Gasteiger partial charge in [-0.3, -0.25) is 4.79 Å². The number of alkyl carbamates (subject to hydrolysis) is 1. The van der Waals surface area contributed by atoms with Gasteiger partial charge in [-0.2, -0.15) is 0 Å². The molecule has 0 aromatic heterocycles. The van der Waals surface area contributed by atoms with Gasteiger partial charge in [-0.15, -0.1) is 0 Å². The van der Waals surface area contributed by atoms with Crippen molar-refractivity contribution < 1.29 is 23.8 Å². The Morgan fingerprint density at radius 1 is 1.12 bits per heavy atom. The van der Waals surface area contributed by atoms with Gasteiger partial charge in [-0.1, -0.05) is 49.4 Å². The van der Waals surface area contributed by atoms with Gasteiger partial charge in [0.15, 0.2) is 0 Å². The van der Waals surface area contributed by atoms with E-state index in [-0.39, 0.29) is 30.5 Å². The van der Waals surface area contributed by atoms with Crippen molar-refractivity contribution in [2.45, 2.75) is 39.0 Å². The van der Waals surface area contributed by atoms with E-state index >= 15 is 0 Å². The summed E-state index contributed by atoms with van der Waals surface area (Å²) in [4.78, 5) is 22.8. The van der Waals surface area contributed by atoms with Gasteiger partial charge in [0.1, 0.15) is 0 Å². The molecule has 0 aliphatic rings. The van der Waals surface area contributed by atoms with Crippen LogP contribution < -0.4 is 5.32 Å². The van der Waals surface area contributed by atoms with E-state index in [9.17, 15) is 9.59 Å². The molecule has 6 heteroatoms. The molecule has 6 nitrogen and oxygen atoms in total. The Labute approximate surface area is 149 Å². The molecule has 0 spiro atoms. The lowest BCUT2D eigenvalue weighted by Gasteiger charge is -2.28. The number of hydrogen-bond acceptors (Lipinski definition) is 5. The standard InChI is InChI=1S/C19H27NO5/c1-14(9-8-12-17(21)23-3)18(20-19(22)24-4)15(2)25-13-16-10-6-5-7-11-16/h5-11,14-15,18H,12-13H2,1-4H3,(H,20,22)/b9-8+/t14-,15-,18+/m0/s1. The molecule has 1 aromatic rings. The predicted molar refractivity (Wildman–Crippen MR) is 95.0 cm³/mol. The zero-order valence-electron chi connectivity index (χ0n) is 15.2. The molecular weight excluding hydrogens is 322 g/mol. The first kappa shape index (κ1) is 20.7. The molecule has 0 unspecified atom stereocenters. The molecule has 0 saturated heterocycles. The van der Waals surface area contributed by atoms with Crippen LogP contribution >= 0.6 is 0 Å². The number of hydrogen-bond donors (Lipinski definition) is 1. The maximum Gasteiger partial charge on any atom is 0.407 e. The van der Waals surface area contributed by atoms with Crippen molar-refractivity contribution in [1.29, 1.82) is 0 Å². The van der Waals surface area contributed by atoms with Crippen LogP contribution in [0, 0.1) is 5.92 Å². The minimum Gasteiger partial charge on any atom is -0.469 e. The number of esters is 1. The van der Waals surface area contributed by atoms with Gasteiger partial charge < -0.3 is 19.5 Å². The van der Waals surface area contributed by atoms with Gasteiger partial charge in [0.2, 0.25) is 0 Å². The minimum absolute atomic E-state index is 0.0606. The number of methoxy groups -OCH3 is 2. The van der Waals surface area contributed by atoms with Gasteiger partial charge in [-0.05, 0) is 18.4 Å². The van der Waals surface area contributed by atoms with E-state index in [1.807, 2.05) is 50.3 Å². The molecule has 0 aliphatic carbocycles. The largest absolute Gasteiger partial charge is 0.469 e. The molecule has 25 heavy (non-hydrogen) atoms. The highest BCUT2D eigenvalue weighted by atomic mass is 16.5. The van der Waals surface area contributed by atoms with Gasteiger partial charge >= 0.3 is 12.1 Å². The van der Waals surface area contributed by atoms with E-state index < -0.39 is 6.09 Å². The second-order valence-corrected chi connectivity index (χ2v) is 5.73. The van der Waals surface area contributed by atoms with Crippen LogP contribution in [0.3, 0.4) is 0 Å². The highest BCUT2D eigenvalue weighted by molar-refractivity contribution is 5.70. The molecule has 1 amide bonds. The third-order valence-electron chi connectivity index (χ3n) is 3.85. The van der Waals surface area contributed by atoms with Gasteiger partial charge in [0, 0.05) is 0 Å². The van der Waals surface area contributed by atoms with Gasteiger partial charge in [0.25, 0.3) is 0 Å². The zero-order valence-corrected chi connectivity index (χ0v) is 15.2. The zero-order chi connectivity index (χ0) is 18.7. The molecular formula is C19H27NO5. The number of benzene rings is 1. The Hall–Kier alpha value is -2.34. The first-order valence-electron chi connectivity index (χ1n) is 8.21. The summed E-state index contributed by atoms with van der Waals surface area (Å²) in [5.41, 5.74) is 1.06. The van der Waals surface area contributed by atoms with Crippen LogP contribution in [-0.2, 0) is 25.6 Å².